The van der Waals surface area contributed by atoms with E-state index in [-0.39, 0.29) is 5.91 Å². The fourth-order valence-corrected chi connectivity index (χ4v) is 2.87. The molecule has 0 aromatic heterocycles. The summed E-state index contributed by atoms with van der Waals surface area (Å²) in [5, 5.41) is 3.01. The Bertz CT molecular complexity index is 556. The average Bonchev–Trinajstić information content (AvgIpc) is 2.68. The third-order valence-electron chi connectivity index (χ3n) is 4.33. The van der Waals surface area contributed by atoms with Gasteiger partial charge in [-0.2, -0.15) is 0 Å². The number of piperazine rings is 1. The summed E-state index contributed by atoms with van der Waals surface area (Å²) in [7, 11) is 0. The van der Waals surface area contributed by atoms with Crippen LogP contribution in [-0.2, 0) is 9.53 Å². The number of aliphatic imine (C=N–C) groups is 1. The Morgan fingerprint density at radius 1 is 1.23 bits per heavy atom. The van der Waals surface area contributed by atoms with Gasteiger partial charge in [0.05, 0.1) is 0 Å². The van der Waals surface area contributed by atoms with Crippen molar-refractivity contribution < 1.29 is 9.53 Å². The SMILES string of the molecule is CCOCCCN=C(N)NCCC(=O)N1CCN(c2ccccc2)CC1. The predicted octanol–water partition coefficient (Wildman–Crippen LogP) is 1.06. The molecule has 0 saturated carbocycles. The third-order valence-corrected chi connectivity index (χ3v) is 4.33. The molecule has 26 heavy (non-hydrogen) atoms. The van der Waals surface area contributed by atoms with Crippen LogP contribution in [0, 0.1) is 0 Å². The van der Waals surface area contributed by atoms with Gasteiger partial charge in [-0.15, -0.1) is 0 Å². The number of hydrogen-bond donors (Lipinski definition) is 2. The van der Waals surface area contributed by atoms with Crippen LogP contribution < -0.4 is 16.0 Å². The molecule has 0 radical (unpaired) electrons. The normalized spacial score (nSPS) is 15.2. The summed E-state index contributed by atoms with van der Waals surface area (Å²) in [6, 6.07) is 10.3. The quantitative estimate of drug-likeness (QED) is 0.390. The number of nitrogens with zero attached hydrogens (tertiary/aromatic N) is 3. The van der Waals surface area contributed by atoms with Gasteiger partial charge in [-0.25, -0.2) is 0 Å². The number of nitrogens with two attached hydrogens (primary N) is 1. The highest BCUT2D eigenvalue weighted by molar-refractivity contribution is 5.80. The Hall–Kier alpha value is -2.28. The second-order valence-corrected chi connectivity index (χ2v) is 6.20. The maximum atomic E-state index is 12.3. The molecule has 1 saturated heterocycles. The molecule has 1 aromatic carbocycles. The maximum Gasteiger partial charge on any atom is 0.224 e. The third kappa shape index (κ3) is 6.92. The molecule has 1 aliphatic heterocycles. The van der Waals surface area contributed by atoms with E-state index in [2.05, 4.69) is 27.3 Å². The molecule has 2 rings (SSSR count). The highest BCUT2D eigenvalue weighted by Crippen LogP contribution is 2.15. The Morgan fingerprint density at radius 2 is 1.96 bits per heavy atom. The predicted molar refractivity (Wildman–Crippen MR) is 105 cm³/mol. The number of hydrogen-bond acceptors (Lipinski definition) is 4. The van der Waals surface area contributed by atoms with Crippen LogP contribution in [0.1, 0.15) is 19.8 Å². The first kappa shape index (κ1) is 20.0. The van der Waals surface area contributed by atoms with Crippen LogP contribution in [0.5, 0.6) is 0 Å². The zero-order chi connectivity index (χ0) is 18.6. The van der Waals surface area contributed by atoms with E-state index < -0.39 is 0 Å². The van der Waals surface area contributed by atoms with Crippen molar-refractivity contribution >= 4 is 17.6 Å². The van der Waals surface area contributed by atoms with Crippen LogP contribution in [0.2, 0.25) is 0 Å². The molecule has 3 N–H and O–H groups in total. The molecule has 7 heteroatoms. The topological polar surface area (TPSA) is 83.2 Å². The van der Waals surface area contributed by atoms with E-state index in [4.69, 9.17) is 10.5 Å². The first-order valence-electron chi connectivity index (χ1n) is 9.40. The fourth-order valence-electron chi connectivity index (χ4n) is 2.87. The summed E-state index contributed by atoms with van der Waals surface area (Å²) in [5.41, 5.74) is 7.02. The van der Waals surface area contributed by atoms with Gasteiger partial charge in [0.15, 0.2) is 5.96 Å². The van der Waals surface area contributed by atoms with Crippen molar-refractivity contribution in [1.82, 2.24) is 10.2 Å². The minimum absolute atomic E-state index is 0.161. The smallest absolute Gasteiger partial charge is 0.224 e. The molecule has 1 aromatic rings. The van der Waals surface area contributed by atoms with Gasteiger partial charge in [0.2, 0.25) is 5.91 Å². The van der Waals surface area contributed by atoms with Gasteiger partial charge in [-0.1, -0.05) is 18.2 Å². The zero-order valence-electron chi connectivity index (χ0n) is 15.7. The molecular weight excluding hydrogens is 330 g/mol. The van der Waals surface area contributed by atoms with Gasteiger partial charge < -0.3 is 25.6 Å². The number of anilines is 1. The van der Waals surface area contributed by atoms with Crippen LogP contribution in [0.4, 0.5) is 5.69 Å². The van der Waals surface area contributed by atoms with Crippen molar-refractivity contribution in [1.29, 1.82) is 0 Å². The highest BCUT2D eigenvalue weighted by atomic mass is 16.5. The summed E-state index contributed by atoms with van der Waals surface area (Å²) in [5.74, 6) is 0.553. The van der Waals surface area contributed by atoms with Gasteiger partial charge in [0.25, 0.3) is 0 Å². The number of carbonyl (C=O) groups excluding carboxylic acids is 1. The van der Waals surface area contributed by atoms with Crippen LogP contribution >= 0.6 is 0 Å². The van der Waals surface area contributed by atoms with Crippen molar-refractivity contribution in [3.05, 3.63) is 30.3 Å². The van der Waals surface area contributed by atoms with E-state index >= 15 is 0 Å². The molecule has 0 bridgehead atoms. The molecule has 1 amide bonds. The standard InChI is InChI=1S/C19H31N5O2/c1-2-26-16-6-10-21-19(20)22-11-9-18(25)24-14-12-23(13-15-24)17-7-4-3-5-8-17/h3-5,7-8H,2,6,9-16H2,1H3,(H3,20,21,22). The second-order valence-electron chi connectivity index (χ2n) is 6.20. The van der Waals surface area contributed by atoms with Gasteiger partial charge in [-0.05, 0) is 25.5 Å². The molecule has 1 aliphatic rings. The zero-order valence-corrected chi connectivity index (χ0v) is 15.7. The second kappa shape index (κ2) is 11.4. The first-order valence-corrected chi connectivity index (χ1v) is 9.40. The lowest BCUT2D eigenvalue weighted by Crippen LogP contribution is -2.49. The van der Waals surface area contributed by atoms with Crippen molar-refractivity contribution in [3.8, 4) is 0 Å². The largest absolute Gasteiger partial charge is 0.382 e. The number of guanidine groups is 1. The van der Waals surface area contributed by atoms with E-state index in [0.29, 0.717) is 32.1 Å². The minimum Gasteiger partial charge on any atom is -0.382 e. The number of rotatable bonds is 9. The van der Waals surface area contributed by atoms with Gasteiger partial charge >= 0.3 is 0 Å². The van der Waals surface area contributed by atoms with Crippen LogP contribution in [-0.4, -0.2) is 69.2 Å². The van der Waals surface area contributed by atoms with E-state index in [1.807, 2.05) is 30.0 Å². The Balaban J connectivity index is 1.61. The van der Waals surface area contributed by atoms with Crippen LogP contribution in [0.15, 0.2) is 35.3 Å². The molecule has 0 spiro atoms. The fraction of sp³-hybridized carbons (Fsp3) is 0.579. The molecule has 1 fully saturated rings. The molecule has 144 valence electrons. The Kier molecular flexibility index (Phi) is 8.75. The first-order chi connectivity index (χ1) is 12.7. The Labute approximate surface area is 156 Å². The molecule has 0 aliphatic carbocycles. The van der Waals surface area contributed by atoms with Crippen LogP contribution in [0.3, 0.4) is 0 Å². The van der Waals surface area contributed by atoms with E-state index in [9.17, 15) is 4.79 Å². The number of nitrogens with one attached hydrogen (secondary N) is 1. The average molecular weight is 361 g/mol. The Morgan fingerprint density at radius 3 is 2.65 bits per heavy atom. The molecule has 0 unspecified atom stereocenters. The van der Waals surface area contributed by atoms with E-state index in [1.54, 1.807) is 0 Å². The summed E-state index contributed by atoms with van der Waals surface area (Å²) >= 11 is 0. The van der Waals surface area contributed by atoms with Gasteiger partial charge in [-0.3, -0.25) is 9.79 Å². The summed E-state index contributed by atoms with van der Waals surface area (Å²) in [4.78, 5) is 20.8. The van der Waals surface area contributed by atoms with Crippen LogP contribution in [0.25, 0.3) is 0 Å². The van der Waals surface area contributed by atoms with E-state index in [1.165, 1.54) is 5.69 Å². The lowest BCUT2D eigenvalue weighted by Gasteiger charge is -2.36. The molecular formula is C19H31N5O2. The lowest BCUT2D eigenvalue weighted by molar-refractivity contribution is -0.131. The van der Waals surface area contributed by atoms with Gasteiger partial charge in [0.1, 0.15) is 0 Å². The van der Waals surface area contributed by atoms with Crippen molar-refractivity contribution in [2.45, 2.75) is 19.8 Å². The summed E-state index contributed by atoms with van der Waals surface area (Å²) in [6.45, 7) is 7.78. The minimum atomic E-state index is 0.161. The maximum absolute atomic E-state index is 12.3. The molecule has 0 atom stereocenters. The van der Waals surface area contributed by atoms with Gasteiger partial charge in [0, 0.05) is 64.6 Å². The monoisotopic (exact) mass is 361 g/mol. The highest BCUT2D eigenvalue weighted by Gasteiger charge is 2.20. The number of benzene rings is 1. The van der Waals surface area contributed by atoms with E-state index in [0.717, 1.165) is 39.2 Å². The number of amides is 1. The van der Waals surface area contributed by atoms with Crippen molar-refractivity contribution in [2.75, 3.05) is 57.4 Å². The molecule has 1 heterocycles. The van der Waals surface area contributed by atoms with Crippen molar-refractivity contribution in [3.63, 3.8) is 0 Å². The number of ether oxygens (including phenoxy) is 1. The van der Waals surface area contributed by atoms with Crippen molar-refractivity contribution in [2.24, 2.45) is 10.7 Å². The summed E-state index contributed by atoms with van der Waals surface area (Å²) < 4.78 is 5.25. The number of carbonyl (C=O) groups is 1. The molecule has 7 nitrogen and oxygen atoms in total. The number of para-hydroxylation sites is 1. The lowest BCUT2D eigenvalue weighted by atomic mass is 10.2. The summed E-state index contributed by atoms with van der Waals surface area (Å²) in [6.07, 6.45) is 1.28.